The quantitative estimate of drug-likeness (QED) is 0.513. The molecule has 7 heteroatoms. The highest BCUT2D eigenvalue weighted by Crippen LogP contribution is 2.18. The van der Waals surface area contributed by atoms with Crippen LogP contribution in [0.4, 0.5) is 21.5 Å². The zero-order chi connectivity index (χ0) is 15.4. The number of hydrogen-bond acceptors (Lipinski definition) is 4. The Labute approximate surface area is 119 Å². The Balaban J connectivity index is 2.10. The van der Waals surface area contributed by atoms with E-state index in [2.05, 4.69) is 5.32 Å². The summed E-state index contributed by atoms with van der Waals surface area (Å²) in [6, 6.07) is 9.54. The minimum atomic E-state index is -0.600. The normalized spacial score (nSPS) is 10.1. The molecular weight excluding hydrogens is 277 g/mol. The van der Waals surface area contributed by atoms with Crippen LogP contribution in [0.5, 0.6) is 0 Å². The molecular formula is C14H12FN3O3. The summed E-state index contributed by atoms with van der Waals surface area (Å²) >= 11 is 0. The highest BCUT2D eigenvalue weighted by atomic mass is 19.1. The number of amides is 1. The molecule has 2 aromatic carbocycles. The molecule has 2 aromatic rings. The van der Waals surface area contributed by atoms with Gasteiger partial charge in [0.15, 0.2) is 0 Å². The van der Waals surface area contributed by atoms with Gasteiger partial charge in [0, 0.05) is 17.8 Å². The van der Waals surface area contributed by atoms with Gasteiger partial charge < -0.3 is 11.1 Å². The third kappa shape index (κ3) is 3.75. The lowest BCUT2D eigenvalue weighted by molar-refractivity contribution is -0.384. The van der Waals surface area contributed by atoms with Crippen LogP contribution in [0.25, 0.3) is 0 Å². The second kappa shape index (κ2) is 6.00. The van der Waals surface area contributed by atoms with Crippen molar-refractivity contribution >= 4 is 23.0 Å². The molecule has 0 fully saturated rings. The van der Waals surface area contributed by atoms with Gasteiger partial charge in [-0.05, 0) is 23.8 Å². The third-order valence-corrected chi connectivity index (χ3v) is 2.75. The summed E-state index contributed by atoms with van der Waals surface area (Å²) < 4.78 is 13.5. The number of nitrogens with two attached hydrogens (primary N) is 1. The van der Waals surface area contributed by atoms with Gasteiger partial charge >= 0.3 is 0 Å². The average Bonchev–Trinajstić information content (AvgIpc) is 2.43. The fourth-order valence-corrected chi connectivity index (χ4v) is 1.80. The van der Waals surface area contributed by atoms with Gasteiger partial charge in [0.25, 0.3) is 5.69 Å². The SMILES string of the molecule is Nc1ccc(F)c(NC(=O)Cc2cccc([N+](=O)[O-])c2)c1. The minimum absolute atomic E-state index is 0.0227. The first-order valence-electron chi connectivity index (χ1n) is 6.04. The molecule has 0 spiro atoms. The van der Waals surface area contributed by atoms with Gasteiger partial charge in [0.05, 0.1) is 17.0 Å². The third-order valence-electron chi connectivity index (χ3n) is 2.75. The number of halogens is 1. The van der Waals surface area contributed by atoms with Crippen molar-refractivity contribution in [3.05, 3.63) is 64.0 Å². The van der Waals surface area contributed by atoms with Gasteiger partial charge in [0.2, 0.25) is 5.91 Å². The van der Waals surface area contributed by atoms with E-state index in [1.807, 2.05) is 0 Å². The minimum Gasteiger partial charge on any atom is -0.399 e. The van der Waals surface area contributed by atoms with E-state index in [1.165, 1.54) is 30.3 Å². The Morgan fingerprint density at radius 1 is 1.29 bits per heavy atom. The van der Waals surface area contributed by atoms with E-state index in [0.29, 0.717) is 11.3 Å². The first-order chi connectivity index (χ1) is 9.95. The molecule has 0 atom stereocenters. The lowest BCUT2D eigenvalue weighted by Crippen LogP contribution is -2.15. The summed E-state index contributed by atoms with van der Waals surface area (Å²) in [6.45, 7) is 0. The molecule has 1 amide bonds. The molecule has 0 aliphatic heterocycles. The van der Waals surface area contributed by atoms with Crippen LogP contribution in [-0.2, 0) is 11.2 Å². The fourth-order valence-electron chi connectivity index (χ4n) is 1.80. The number of carbonyl (C=O) groups excluding carboxylic acids is 1. The lowest BCUT2D eigenvalue weighted by Gasteiger charge is -2.07. The Bertz CT molecular complexity index is 704. The fraction of sp³-hybridized carbons (Fsp3) is 0.0714. The highest BCUT2D eigenvalue weighted by Gasteiger charge is 2.11. The van der Waals surface area contributed by atoms with Gasteiger partial charge in [-0.15, -0.1) is 0 Å². The van der Waals surface area contributed by atoms with Crippen LogP contribution in [0.2, 0.25) is 0 Å². The summed E-state index contributed by atoms with van der Waals surface area (Å²) in [6.07, 6.45) is -0.101. The molecule has 0 aliphatic rings. The van der Waals surface area contributed by atoms with Gasteiger partial charge in [0.1, 0.15) is 5.82 Å². The number of rotatable bonds is 4. The predicted octanol–water partition coefficient (Wildman–Crippen LogP) is 2.50. The van der Waals surface area contributed by atoms with Crippen LogP contribution in [0.1, 0.15) is 5.56 Å². The van der Waals surface area contributed by atoms with E-state index in [9.17, 15) is 19.3 Å². The summed E-state index contributed by atoms with van der Waals surface area (Å²) in [5, 5.41) is 13.0. The van der Waals surface area contributed by atoms with Crippen LogP contribution in [0, 0.1) is 15.9 Å². The number of hydrogen-bond donors (Lipinski definition) is 2. The molecule has 0 saturated carbocycles. The van der Waals surface area contributed by atoms with Crippen molar-refractivity contribution in [3.63, 3.8) is 0 Å². The van der Waals surface area contributed by atoms with Crippen LogP contribution in [-0.4, -0.2) is 10.8 Å². The summed E-state index contributed by atoms with van der Waals surface area (Å²) in [5.41, 5.74) is 6.18. The van der Waals surface area contributed by atoms with Gasteiger partial charge in [-0.3, -0.25) is 14.9 Å². The van der Waals surface area contributed by atoms with Crippen molar-refractivity contribution in [2.45, 2.75) is 6.42 Å². The second-order valence-electron chi connectivity index (χ2n) is 4.39. The predicted molar refractivity (Wildman–Crippen MR) is 76.2 cm³/mol. The summed E-state index contributed by atoms with van der Waals surface area (Å²) in [5.74, 6) is -1.09. The number of nitrogen functional groups attached to an aromatic ring is 1. The Hall–Kier alpha value is -2.96. The average molecular weight is 289 g/mol. The van der Waals surface area contributed by atoms with Crippen molar-refractivity contribution in [3.8, 4) is 0 Å². The molecule has 0 bridgehead atoms. The first-order valence-corrected chi connectivity index (χ1v) is 6.04. The van der Waals surface area contributed by atoms with Crippen molar-refractivity contribution in [2.75, 3.05) is 11.1 Å². The standard InChI is InChI=1S/C14H12FN3O3/c15-12-5-4-10(16)8-13(12)17-14(19)7-9-2-1-3-11(6-9)18(20)21/h1-6,8H,7,16H2,(H,17,19). The second-order valence-corrected chi connectivity index (χ2v) is 4.39. The molecule has 0 saturated heterocycles. The topological polar surface area (TPSA) is 98.3 Å². The van der Waals surface area contributed by atoms with E-state index in [1.54, 1.807) is 6.07 Å². The van der Waals surface area contributed by atoms with Gasteiger partial charge in [-0.25, -0.2) is 4.39 Å². The lowest BCUT2D eigenvalue weighted by atomic mass is 10.1. The molecule has 0 unspecified atom stereocenters. The number of non-ortho nitro benzene ring substituents is 1. The highest BCUT2D eigenvalue weighted by molar-refractivity contribution is 5.92. The van der Waals surface area contributed by atoms with E-state index >= 15 is 0 Å². The van der Waals surface area contributed by atoms with Crippen LogP contribution < -0.4 is 11.1 Å². The molecule has 6 nitrogen and oxygen atoms in total. The Morgan fingerprint density at radius 2 is 2.05 bits per heavy atom. The number of benzene rings is 2. The largest absolute Gasteiger partial charge is 0.399 e. The van der Waals surface area contributed by atoms with Crippen molar-refractivity contribution in [1.82, 2.24) is 0 Å². The number of anilines is 2. The van der Waals surface area contributed by atoms with Crippen molar-refractivity contribution in [2.24, 2.45) is 0 Å². The maximum Gasteiger partial charge on any atom is 0.269 e. The van der Waals surface area contributed by atoms with Gasteiger partial charge in [-0.2, -0.15) is 0 Å². The number of nitrogens with zero attached hydrogens (tertiary/aromatic N) is 1. The molecule has 0 heterocycles. The molecule has 2 rings (SSSR count). The maximum atomic E-state index is 13.5. The van der Waals surface area contributed by atoms with E-state index in [0.717, 1.165) is 6.07 Å². The summed E-state index contributed by atoms with van der Waals surface area (Å²) in [4.78, 5) is 21.9. The van der Waals surface area contributed by atoms with E-state index in [-0.39, 0.29) is 17.8 Å². The summed E-state index contributed by atoms with van der Waals surface area (Å²) in [7, 11) is 0. The van der Waals surface area contributed by atoms with E-state index < -0.39 is 16.6 Å². The molecule has 3 N–H and O–H groups in total. The molecule has 0 aliphatic carbocycles. The van der Waals surface area contributed by atoms with Gasteiger partial charge in [-0.1, -0.05) is 12.1 Å². The number of nitro groups is 1. The first kappa shape index (κ1) is 14.4. The molecule has 0 radical (unpaired) electrons. The zero-order valence-electron chi connectivity index (χ0n) is 10.9. The number of nitrogens with one attached hydrogen (secondary N) is 1. The van der Waals surface area contributed by atoms with Crippen LogP contribution in [0.3, 0.4) is 0 Å². The molecule has 0 aromatic heterocycles. The maximum absolute atomic E-state index is 13.5. The Morgan fingerprint density at radius 3 is 2.76 bits per heavy atom. The Kier molecular flexibility index (Phi) is 4.13. The number of carbonyl (C=O) groups is 1. The smallest absolute Gasteiger partial charge is 0.269 e. The van der Waals surface area contributed by atoms with Crippen molar-refractivity contribution in [1.29, 1.82) is 0 Å². The van der Waals surface area contributed by atoms with E-state index in [4.69, 9.17) is 5.73 Å². The van der Waals surface area contributed by atoms with Crippen LogP contribution in [0.15, 0.2) is 42.5 Å². The zero-order valence-corrected chi connectivity index (χ0v) is 10.9. The molecule has 21 heavy (non-hydrogen) atoms. The van der Waals surface area contributed by atoms with Crippen LogP contribution >= 0.6 is 0 Å². The number of nitro benzene ring substituents is 1. The van der Waals surface area contributed by atoms with Crippen molar-refractivity contribution < 1.29 is 14.1 Å². The molecule has 108 valence electrons. The monoisotopic (exact) mass is 289 g/mol.